The molecule has 0 radical (unpaired) electrons. The molecule has 0 saturated heterocycles. The Bertz CT molecular complexity index is 730. The summed E-state index contributed by atoms with van der Waals surface area (Å²) in [4.78, 5) is 12.1. The van der Waals surface area contributed by atoms with Crippen molar-refractivity contribution in [3.05, 3.63) is 63.9 Å². The normalized spacial score (nSPS) is 15.1. The summed E-state index contributed by atoms with van der Waals surface area (Å²) < 4.78 is 13.0. The molecule has 0 aliphatic heterocycles. The van der Waals surface area contributed by atoms with Gasteiger partial charge in [-0.05, 0) is 42.7 Å². The molecule has 1 saturated carbocycles. The zero-order valence-corrected chi connectivity index (χ0v) is 13.7. The summed E-state index contributed by atoms with van der Waals surface area (Å²) in [6.45, 7) is 0.489. The van der Waals surface area contributed by atoms with Crippen LogP contribution < -0.4 is 10.6 Å². The van der Waals surface area contributed by atoms with E-state index < -0.39 is 0 Å². The standard InChI is InChI=1S/C17H15Cl2FN2O/c18-13-2-1-3-14(15(13)19)22-16(23)21-10-17(8-9-17)11-4-6-12(20)7-5-11/h1-7H,8-10H2,(H2,21,22,23). The van der Waals surface area contributed by atoms with Gasteiger partial charge in [-0.3, -0.25) is 0 Å². The highest BCUT2D eigenvalue weighted by Gasteiger charge is 2.44. The largest absolute Gasteiger partial charge is 0.337 e. The topological polar surface area (TPSA) is 41.1 Å². The molecule has 120 valence electrons. The first-order valence-corrected chi connectivity index (χ1v) is 8.01. The number of hydrogen-bond donors (Lipinski definition) is 2. The Kier molecular flexibility index (Phi) is 4.46. The fourth-order valence-electron chi connectivity index (χ4n) is 2.54. The molecular formula is C17H15Cl2FN2O. The van der Waals surface area contributed by atoms with Crippen LogP contribution >= 0.6 is 23.2 Å². The lowest BCUT2D eigenvalue weighted by Gasteiger charge is -2.17. The molecule has 23 heavy (non-hydrogen) atoms. The van der Waals surface area contributed by atoms with Crippen molar-refractivity contribution in [2.45, 2.75) is 18.3 Å². The predicted molar refractivity (Wildman–Crippen MR) is 90.8 cm³/mol. The fraction of sp³-hybridized carbons (Fsp3) is 0.235. The average molecular weight is 353 g/mol. The monoisotopic (exact) mass is 352 g/mol. The van der Waals surface area contributed by atoms with Gasteiger partial charge in [0.25, 0.3) is 0 Å². The van der Waals surface area contributed by atoms with Gasteiger partial charge in [-0.1, -0.05) is 41.4 Å². The average Bonchev–Trinajstić information content (AvgIpc) is 3.32. The lowest BCUT2D eigenvalue weighted by molar-refractivity contribution is 0.251. The first-order valence-electron chi connectivity index (χ1n) is 7.25. The SMILES string of the molecule is O=C(NCC1(c2ccc(F)cc2)CC1)Nc1cccc(Cl)c1Cl. The van der Waals surface area contributed by atoms with Crippen LogP contribution in [-0.4, -0.2) is 12.6 Å². The first kappa shape index (κ1) is 16.1. The van der Waals surface area contributed by atoms with Gasteiger partial charge in [0.15, 0.2) is 0 Å². The fourth-order valence-corrected chi connectivity index (χ4v) is 2.89. The highest BCUT2D eigenvalue weighted by Crippen LogP contribution is 2.47. The van der Waals surface area contributed by atoms with Crippen LogP contribution in [0.3, 0.4) is 0 Å². The van der Waals surface area contributed by atoms with Crippen molar-refractivity contribution in [3.63, 3.8) is 0 Å². The van der Waals surface area contributed by atoms with Crippen molar-refractivity contribution in [1.29, 1.82) is 0 Å². The Morgan fingerprint density at radius 3 is 2.48 bits per heavy atom. The maximum Gasteiger partial charge on any atom is 0.319 e. The number of urea groups is 1. The summed E-state index contributed by atoms with van der Waals surface area (Å²) in [5.41, 5.74) is 1.41. The van der Waals surface area contributed by atoms with Crippen molar-refractivity contribution in [2.24, 2.45) is 0 Å². The van der Waals surface area contributed by atoms with Gasteiger partial charge in [0.2, 0.25) is 0 Å². The number of carbonyl (C=O) groups excluding carboxylic acids is 1. The summed E-state index contributed by atoms with van der Waals surface area (Å²) in [6.07, 6.45) is 1.94. The van der Waals surface area contributed by atoms with Crippen LogP contribution in [-0.2, 0) is 5.41 Å². The molecule has 0 atom stereocenters. The highest BCUT2D eigenvalue weighted by molar-refractivity contribution is 6.43. The van der Waals surface area contributed by atoms with E-state index in [1.165, 1.54) is 12.1 Å². The molecule has 3 nitrogen and oxygen atoms in total. The summed E-state index contributed by atoms with van der Waals surface area (Å²) in [5.74, 6) is -0.258. The molecular weight excluding hydrogens is 338 g/mol. The molecule has 2 aromatic carbocycles. The van der Waals surface area contributed by atoms with Gasteiger partial charge in [-0.15, -0.1) is 0 Å². The second kappa shape index (κ2) is 6.38. The van der Waals surface area contributed by atoms with E-state index in [0.717, 1.165) is 18.4 Å². The van der Waals surface area contributed by atoms with Crippen LogP contribution in [0.1, 0.15) is 18.4 Å². The summed E-state index contributed by atoms with van der Waals surface area (Å²) in [5, 5.41) is 6.23. The van der Waals surface area contributed by atoms with E-state index in [-0.39, 0.29) is 17.3 Å². The van der Waals surface area contributed by atoms with Crippen LogP contribution in [0.2, 0.25) is 10.0 Å². The smallest absolute Gasteiger partial charge is 0.319 e. The Labute approximate surface area is 143 Å². The van der Waals surface area contributed by atoms with Gasteiger partial charge in [0.1, 0.15) is 5.82 Å². The Balaban J connectivity index is 1.61. The van der Waals surface area contributed by atoms with Gasteiger partial charge >= 0.3 is 6.03 Å². The Hall–Kier alpha value is -1.78. The molecule has 0 aromatic heterocycles. The minimum atomic E-state index is -0.345. The van der Waals surface area contributed by atoms with E-state index in [2.05, 4.69) is 10.6 Å². The second-order valence-corrected chi connectivity index (χ2v) is 6.48. The Morgan fingerprint density at radius 2 is 1.83 bits per heavy atom. The number of rotatable bonds is 4. The van der Waals surface area contributed by atoms with Crippen molar-refractivity contribution < 1.29 is 9.18 Å². The van der Waals surface area contributed by atoms with E-state index in [1.807, 2.05) is 0 Å². The quantitative estimate of drug-likeness (QED) is 0.799. The third kappa shape index (κ3) is 3.59. The number of nitrogens with one attached hydrogen (secondary N) is 2. The third-order valence-corrected chi connectivity index (χ3v) is 4.92. The number of benzene rings is 2. The van der Waals surface area contributed by atoms with Gasteiger partial charge in [0, 0.05) is 12.0 Å². The summed E-state index contributed by atoms with van der Waals surface area (Å²) >= 11 is 12.0. The number of amides is 2. The molecule has 2 N–H and O–H groups in total. The predicted octanol–water partition coefficient (Wildman–Crippen LogP) is 4.99. The minimum absolute atomic E-state index is 0.0941. The van der Waals surface area contributed by atoms with Gasteiger partial charge in [0.05, 0.1) is 15.7 Å². The summed E-state index contributed by atoms with van der Waals surface area (Å²) in [6, 6.07) is 11.1. The molecule has 0 bridgehead atoms. The maximum absolute atomic E-state index is 13.0. The van der Waals surface area contributed by atoms with Crippen molar-refractivity contribution in [3.8, 4) is 0 Å². The molecule has 1 aliphatic rings. The number of carbonyl (C=O) groups is 1. The van der Waals surface area contributed by atoms with Crippen LogP contribution in [0.5, 0.6) is 0 Å². The lowest BCUT2D eigenvalue weighted by atomic mass is 9.96. The van der Waals surface area contributed by atoms with Crippen molar-refractivity contribution >= 4 is 34.9 Å². The molecule has 0 spiro atoms. The molecule has 2 aromatic rings. The van der Waals surface area contributed by atoms with Crippen LogP contribution in [0.25, 0.3) is 0 Å². The van der Waals surface area contributed by atoms with E-state index >= 15 is 0 Å². The molecule has 1 fully saturated rings. The van der Waals surface area contributed by atoms with E-state index in [0.29, 0.717) is 22.3 Å². The molecule has 3 rings (SSSR count). The van der Waals surface area contributed by atoms with Gasteiger partial charge in [-0.2, -0.15) is 0 Å². The van der Waals surface area contributed by atoms with Gasteiger partial charge in [-0.25, -0.2) is 9.18 Å². The van der Waals surface area contributed by atoms with Crippen LogP contribution in [0.4, 0.5) is 14.9 Å². The first-order chi connectivity index (χ1) is 11.0. The third-order valence-electron chi connectivity index (χ3n) is 4.10. The van der Waals surface area contributed by atoms with E-state index in [4.69, 9.17) is 23.2 Å². The van der Waals surface area contributed by atoms with Gasteiger partial charge < -0.3 is 10.6 Å². The minimum Gasteiger partial charge on any atom is -0.337 e. The molecule has 2 amide bonds. The van der Waals surface area contributed by atoms with Crippen molar-refractivity contribution in [1.82, 2.24) is 5.32 Å². The van der Waals surface area contributed by atoms with Crippen LogP contribution in [0.15, 0.2) is 42.5 Å². The number of anilines is 1. The zero-order chi connectivity index (χ0) is 16.4. The Morgan fingerprint density at radius 1 is 1.13 bits per heavy atom. The highest BCUT2D eigenvalue weighted by atomic mass is 35.5. The van der Waals surface area contributed by atoms with Crippen molar-refractivity contribution in [2.75, 3.05) is 11.9 Å². The van der Waals surface area contributed by atoms with E-state index in [9.17, 15) is 9.18 Å². The molecule has 6 heteroatoms. The number of hydrogen-bond acceptors (Lipinski definition) is 1. The number of halogens is 3. The zero-order valence-electron chi connectivity index (χ0n) is 12.2. The maximum atomic E-state index is 13.0. The molecule has 0 unspecified atom stereocenters. The summed E-state index contributed by atoms with van der Waals surface area (Å²) in [7, 11) is 0. The second-order valence-electron chi connectivity index (χ2n) is 5.70. The van der Waals surface area contributed by atoms with E-state index in [1.54, 1.807) is 30.3 Å². The van der Waals surface area contributed by atoms with Crippen LogP contribution in [0, 0.1) is 5.82 Å². The molecule has 0 heterocycles. The lowest BCUT2D eigenvalue weighted by Crippen LogP contribution is -2.35. The molecule has 1 aliphatic carbocycles.